The highest BCUT2D eigenvalue weighted by Gasteiger charge is 2.48. The zero-order valence-electron chi connectivity index (χ0n) is 23.1. The molecule has 0 radical (unpaired) electrons. The Labute approximate surface area is 235 Å². The fraction of sp³-hybridized carbons (Fsp3) is 0.452. The van der Waals surface area contributed by atoms with Gasteiger partial charge in [0.2, 0.25) is 0 Å². The number of likely N-dealkylation sites (tertiary alicyclic amines) is 1. The van der Waals surface area contributed by atoms with E-state index < -0.39 is 0 Å². The summed E-state index contributed by atoms with van der Waals surface area (Å²) in [6.07, 6.45) is 9.82. The van der Waals surface area contributed by atoms with Gasteiger partial charge in [0.15, 0.2) is 5.65 Å². The van der Waals surface area contributed by atoms with Crippen LogP contribution >= 0.6 is 11.8 Å². The van der Waals surface area contributed by atoms with Crippen LogP contribution in [0.3, 0.4) is 0 Å². The Kier molecular flexibility index (Phi) is 7.02. The number of aromatic nitrogens is 4. The Morgan fingerprint density at radius 2 is 1.69 bits per heavy atom. The van der Waals surface area contributed by atoms with Gasteiger partial charge in [-0.3, -0.25) is 4.90 Å². The van der Waals surface area contributed by atoms with Crippen LogP contribution in [-0.2, 0) is 0 Å². The molecule has 0 amide bonds. The molecule has 2 aromatic heterocycles. The molecule has 1 aliphatic carbocycles. The summed E-state index contributed by atoms with van der Waals surface area (Å²) in [7, 11) is 0. The van der Waals surface area contributed by atoms with Crippen molar-refractivity contribution in [1.82, 2.24) is 24.6 Å². The smallest absolute Gasteiger partial charge is 0.164 e. The maximum atomic E-state index is 6.39. The summed E-state index contributed by atoms with van der Waals surface area (Å²) in [5.41, 5.74) is 9.73. The minimum atomic E-state index is 0.275. The van der Waals surface area contributed by atoms with E-state index in [4.69, 9.17) is 15.6 Å². The molecule has 1 spiro atoms. The molecule has 0 bridgehead atoms. The van der Waals surface area contributed by atoms with Crippen LogP contribution in [0.1, 0.15) is 52.0 Å². The number of hydrogen-bond donors (Lipinski definition) is 1. The first-order valence-electron chi connectivity index (χ1n) is 13.9. The first-order valence-corrected chi connectivity index (χ1v) is 15.3. The number of piperidine rings is 1. The molecule has 0 atom stereocenters. The molecule has 2 aromatic carbocycles. The first kappa shape index (κ1) is 26.1. The van der Waals surface area contributed by atoms with Crippen LogP contribution in [0.5, 0.6) is 11.5 Å². The van der Waals surface area contributed by atoms with Crippen molar-refractivity contribution < 1.29 is 4.74 Å². The number of nitrogen functional groups attached to an aromatic ring is 1. The van der Waals surface area contributed by atoms with Crippen molar-refractivity contribution in [3.8, 4) is 22.8 Å². The number of anilines is 1. The highest BCUT2D eigenvalue weighted by atomic mass is 32.2. The molecular formula is C31H38N6OS. The minimum Gasteiger partial charge on any atom is -0.457 e. The third-order valence-corrected chi connectivity index (χ3v) is 9.52. The number of para-hydroxylation sites is 1. The fourth-order valence-corrected chi connectivity index (χ4v) is 7.08. The zero-order valence-corrected chi connectivity index (χ0v) is 24.0. The lowest BCUT2D eigenvalue weighted by Gasteiger charge is -2.54. The Balaban J connectivity index is 1.19. The maximum Gasteiger partial charge on any atom is 0.164 e. The van der Waals surface area contributed by atoms with Crippen LogP contribution in [0.25, 0.3) is 22.3 Å². The summed E-state index contributed by atoms with van der Waals surface area (Å²) in [6.45, 7) is 7.19. The molecule has 4 aromatic rings. The number of ether oxygens (including phenoxy) is 1. The van der Waals surface area contributed by atoms with Gasteiger partial charge in [0, 0.05) is 11.1 Å². The number of benzene rings is 2. The fourth-order valence-electron chi connectivity index (χ4n) is 6.37. The molecule has 3 heterocycles. The molecule has 1 saturated carbocycles. The van der Waals surface area contributed by atoms with E-state index in [0.717, 1.165) is 46.6 Å². The van der Waals surface area contributed by atoms with Crippen molar-refractivity contribution in [2.45, 2.75) is 57.5 Å². The van der Waals surface area contributed by atoms with Gasteiger partial charge in [-0.05, 0) is 113 Å². The standard InChI is InChI=1S/C31H38N6OS/c1-30(2,15-18-39-3)36-16-13-31(14-17-36)19-23(20-31)37-29-26(28(32)33-21-34-29)27(35-37)22-9-11-25(12-10-22)38-24-7-5-4-6-8-24/h4-12,21,23H,13-20H2,1-3H3,(H2,32,33,34). The number of nitrogens with zero attached hydrogens (tertiary/aromatic N) is 5. The van der Waals surface area contributed by atoms with Gasteiger partial charge in [-0.25, -0.2) is 14.6 Å². The molecule has 2 fully saturated rings. The van der Waals surface area contributed by atoms with Crippen LogP contribution in [0.2, 0.25) is 0 Å². The van der Waals surface area contributed by atoms with Crippen molar-refractivity contribution in [3.05, 3.63) is 60.9 Å². The number of rotatable bonds is 8. The third kappa shape index (κ3) is 5.12. The summed E-state index contributed by atoms with van der Waals surface area (Å²) in [5.74, 6) is 3.28. The second-order valence-electron chi connectivity index (χ2n) is 11.8. The molecule has 7 nitrogen and oxygen atoms in total. The van der Waals surface area contributed by atoms with Gasteiger partial charge >= 0.3 is 0 Å². The largest absolute Gasteiger partial charge is 0.457 e. The molecule has 204 valence electrons. The van der Waals surface area contributed by atoms with E-state index in [1.807, 2.05) is 66.4 Å². The molecule has 0 unspecified atom stereocenters. The van der Waals surface area contributed by atoms with Gasteiger partial charge in [-0.1, -0.05) is 18.2 Å². The van der Waals surface area contributed by atoms with E-state index >= 15 is 0 Å². The van der Waals surface area contributed by atoms with Gasteiger partial charge in [0.1, 0.15) is 29.3 Å². The number of thioether (sulfide) groups is 1. The van der Waals surface area contributed by atoms with Gasteiger partial charge in [-0.2, -0.15) is 16.9 Å². The monoisotopic (exact) mass is 542 g/mol. The lowest BCUT2D eigenvalue weighted by atomic mass is 9.60. The van der Waals surface area contributed by atoms with Gasteiger partial charge in [0.25, 0.3) is 0 Å². The predicted molar refractivity (Wildman–Crippen MR) is 160 cm³/mol. The summed E-state index contributed by atoms with van der Waals surface area (Å²) in [4.78, 5) is 11.7. The van der Waals surface area contributed by atoms with E-state index in [9.17, 15) is 0 Å². The van der Waals surface area contributed by atoms with Crippen LogP contribution in [0, 0.1) is 5.41 Å². The summed E-state index contributed by atoms with van der Waals surface area (Å²) < 4.78 is 8.10. The number of nitrogens with two attached hydrogens (primary N) is 1. The van der Waals surface area contributed by atoms with Crippen molar-refractivity contribution in [2.75, 3.05) is 30.8 Å². The molecule has 2 aliphatic rings. The second-order valence-corrected chi connectivity index (χ2v) is 12.8. The summed E-state index contributed by atoms with van der Waals surface area (Å²) in [6, 6.07) is 18.2. The average molecular weight is 543 g/mol. The Morgan fingerprint density at radius 3 is 2.38 bits per heavy atom. The highest BCUT2D eigenvalue weighted by Crippen LogP contribution is 2.56. The first-order chi connectivity index (χ1) is 18.9. The number of fused-ring (bicyclic) bond motifs is 1. The Hall–Kier alpha value is -3.10. The van der Waals surface area contributed by atoms with E-state index in [1.165, 1.54) is 38.1 Å². The van der Waals surface area contributed by atoms with E-state index in [2.05, 4.69) is 39.7 Å². The molecule has 1 saturated heterocycles. The molecule has 6 rings (SSSR count). The average Bonchev–Trinajstić information content (AvgIpc) is 3.32. The van der Waals surface area contributed by atoms with E-state index in [1.54, 1.807) is 6.33 Å². The predicted octanol–water partition coefficient (Wildman–Crippen LogP) is 6.82. The number of hydrogen-bond acceptors (Lipinski definition) is 7. The van der Waals surface area contributed by atoms with Crippen LogP contribution in [0.15, 0.2) is 60.9 Å². The van der Waals surface area contributed by atoms with Crippen LogP contribution < -0.4 is 10.5 Å². The molecule has 39 heavy (non-hydrogen) atoms. The SMILES string of the molecule is CSCCC(C)(C)N1CCC2(CC1)CC(n1nc(-c3ccc(Oc4ccccc4)cc3)c3c(N)ncnc31)C2. The van der Waals surface area contributed by atoms with Crippen LogP contribution in [0.4, 0.5) is 5.82 Å². The third-order valence-electron chi connectivity index (χ3n) is 8.91. The van der Waals surface area contributed by atoms with Crippen molar-refractivity contribution in [1.29, 1.82) is 0 Å². The molecular weight excluding hydrogens is 504 g/mol. The summed E-state index contributed by atoms with van der Waals surface area (Å²) >= 11 is 1.95. The minimum absolute atomic E-state index is 0.275. The Bertz CT molecular complexity index is 1420. The maximum absolute atomic E-state index is 6.39. The van der Waals surface area contributed by atoms with Crippen molar-refractivity contribution in [2.24, 2.45) is 5.41 Å². The van der Waals surface area contributed by atoms with Gasteiger partial charge in [-0.15, -0.1) is 0 Å². The topological polar surface area (TPSA) is 82.1 Å². The van der Waals surface area contributed by atoms with Crippen molar-refractivity contribution >= 4 is 28.6 Å². The lowest BCUT2D eigenvalue weighted by molar-refractivity contribution is -0.0371. The Morgan fingerprint density at radius 1 is 1.00 bits per heavy atom. The zero-order chi connectivity index (χ0) is 27.0. The van der Waals surface area contributed by atoms with Crippen molar-refractivity contribution in [3.63, 3.8) is 0 Å². The molecule has 8 heteroatoms. The lowest BCUT2D eigenvalue weighted by Crippen LogP contribution is -2.54. The van der Waals surface area contributed by atoms with E-state index in [0.29, 0.717) is 17.3 Å². The van der Waals surface area contributed by atoms with Gasteiger partial charge in [0.05, 0.1) is 11.4 Å². The second kappa shape index (κ2) is 10.5. The molecule has 2 N–H and O–H groups in total. The molecule has 1 aliphatic heterocycles. The quantitative estimate of drug-likeness (QED) is 0.262. The summed E-state index contributed by atoms with van der Waals surface area (Å²) in [5, 5.41) is 5.94. The van der Waals surface area contributed by atoms with Gasteiger partial charge < -0.3 is 10.5 Å². The van der Waals surface area contributed by atoms with E-state index in [-0.39, 0.29) is 5.54 Å². The van der Waals surface area contributed by atoms with Crippen LogP contribution in [-0.4, -0.2) is 55.3 Å². The normalized spacial score (nSPS) is 17.9. The highest BCUT2D eigenvalue weighted by molar-refractivity contribution is 7.98.